The second-order valence-electron chi connectivity index (χ2n) is 3.21. The molecule has 0 radical (unpaired) electrons. The topological polar surface area (TPSA) is 52.9 Å². The smallest absolute Gasteiger partial charge is 0.259 e. The summed E-state index contributed by atoms with van der Waals surface area (Å²) in [6, 6.07) is 4.97. The van der Waals surface area contributed by atoms with E-state index < -0.39 is 0 Å². The van der Waals surface area contributed by atoms with Crippen molar-refractivity contribution in [3.63, 3.8) is 0 Å². The number of thioether (sulfide) groups is 1. The Morgan fingerprint density at radius 3 is 3.00 bits per heavy atom. The number of amides is 1. The Balaban J connectivity index is 2.23. The lowest BCUT2D eigenvalue weighted by Gasteiger charge is -2.06. The zero-order valence-electron chi connectivity index (χ0n) is 8.46. The van der Waals surface area contributed by atoms with E-state index in [1.807, 2.05) is 0 Å². The summed E-state index contributed by atoms with van der Waals surface area (Å²) in [5.41, 5.74) is 0.520. The maximum Gasteiger partial charge on any atom is 0.259 e. The third kappa shape index (κ3) is 2.85. The quantitative estimate of drug-likeness (QED) is 0.668. The minimum Gasteiger partial charge on any atom is -0.507 e. The molecule has 1 aliphatic rings. The molecular weight excluding hydrogens is 324 g/mol. The van der Waals surface area contributed by atoms with Crippen molar-refractivity contribution in [2.24, 2.45) is 5.10 Å². The van der Waals surface area contributed by atoms with Gasteiger partial charge >= 0.3 is 0 Å². The van der Waals surface area contributed by atoms with Gasteiger partial charge in [-0.25, -0.2) is 0 Å². The number of carbonyl (C=O) groups excluding carboxylic acids is 1. The third-order valence-electron chi connectivity index (χ3n) is 2.03. The molecule has 0 bridgehead atoms. The first-order valence-electron chi connectivity index (χ1n) is 4.60. The molecular formula is C10H7BrN2O2S2. The number of phenolic OH excluding ortho intramolecular Hbond substituents is 1. The van der Waals surface area contributed by atoms with Gasteiger partial charge in [0, 0.05) is 10.0 Å². The predicted molar refractivity (Wildman–Crippen MR) is 75.3 cm³/mol. The Labute approximate surface area is 116 Å². The fraction of sp³-hybridized carbons (Fsp3) is 0.100. The average molecular weight is 331 g/mol. The number of hydrogen-bond acceptors (Lipinski definition) is 5. The highest BCUT2D eigenvalue weighted by atomic mass is 79.9. The van der Waals surface area contributed by atoms with Crippen molar-refractivity contribution in [3.05, 3.63) is 28.2 Å². The molecule has 1 N–H and O–H groups in total. The molecule has 0 atom stereocenters. The van der Waals surface area contributed by atoms with Crippen LogP contribution in [0.25, 0.3) is 0 Å². The number of benzene rings is 1. The summed E-state index contributed by atoms with van der Waals surface area (Å²) in [4.78, 5) is 11.4. The Kier molecular flexibility index (Phi) is 3.80. The minimum atomic E-state index is -0.147. The van der Waals surface area contributed by atoms with Gasteiger partial charge in [0.2, 0.25) is 0 Å². The van der Waals surface area contributed by atoms with Crippen molar-refractivity contribution < 1.29 is 9.90 Å². The maximum absolute atomic E-state index is 11.4. The van der Waals surface area contributed by atoms with E-state index in [1.54, 1.807) is 18.2 Å². The van der Waals surface area contributed by atoms with E-state index in [-0.39, 0.29) is 11.7 Å². The van der Waals surface area contributed by atoms with Crippen LogP contribution >= 0.6 is 39.9 Å². The second-order valence-corrected chi connectivity index (χ2v) is 5.73. The number of nitrogens with zero attached hydrogens (tertiary/aromatic N) is 2. The van der Waals surface area contributed by atoms with E-state index in [9.17, 15) is 9.90 Å². The molecule has 2 rings (SSSR count). The first-order chi connectivity index (χ1) is 8.08. The molecule has 4 nitrogen and oxygen atoms in total. The molecule has 0 saturated carbocycles. The monoisotopic (exact) mass is 330 g/mol. The van der Waals surface area contributed by atoms with Crippen LogP contribution in [0.3, 0.4) is 0 Å². The molecule has 1 saturated heterocycles. The fourth-order valence-corrected chi connectivity index (χ4v) is 2.55. The van der Waals surface area contributed by atoms with Gasteiger partial charge in [-0.05, 0) is 18.2 Å². The van der Waals surface area contributed by atoms with Gasteiger partial charge in [0.25, 0.3) is 5.91 Å². The fourth-order valence-electron chi connectivity index (χ4n) is 1.21. The minimum absolute atomic E-state index is 0.0992. The van der Waals surface area contributed by atoms with Crippen LogP contribution in [-0.2, 0) is 4.79 Å². The number of thiocarbonyl (C=S) groups is 1. The molecule has 1 fully saturated rings. The Morgan fingerprint density at radius 1 is 1.59 bits per heavy atom. The van der Waals surface area contributed by atoms with Gasteiger partial charge in [0.1, 0.15) is 5.75 Å². The maximum atomic E-state index is 11.4. The largest absolute Gasteiger partial charge is 0.507 e. The zero-order chi connectivity index (χ0) is 12.4. The number of phenols is 1. The van der Waals surface area contributed by atoms with Gasteiger partial charge in [-0.15, -0.1) is 0 Å². The summed E-state index contributed by atoms with van der Waals surface area (Å²) in [6.45, 7) is 0. The van der Waals surface area contributed by atoms with Gasteiger partial charge < -0.3 is 5.11 Å². The van der Waals surface area contributed by atoms with E-state index >= 15 is 0 Å². The molecule has 0 unspecified atom stereocenters. The third-order valence-corrected chi connectivity index (χ3v) is 3.86. The normalized spacial score (nSPS) is 16.2. The van der Waals surface area contributed by atoms with Crippen molar-refractivity contribution in [2.75, 3.05) is 5.75 Å². The van der Waals surface area contributed by atoms with Crippen LogP contribution in [0.5, 0.6) is 5.75 Å². The molecule has 0 aromatic heterocycles. The van der Waals surface area contributed by atoms with E-state index in [0.717, 1.165) is 4.47 Å². The number of aromatic hydroxyl groups is 1. The summed E-state index contributed by atoms with van der Waals surface area (Å²) >= 11 is 9.54. The van der Waals surface area contributed by atoms with Gasteiger partial charge in [0.05, 0.1) is 12.0 Å². The predicted octanol–water partition coefficient (Wildman–Crippen LogP) is 2.35. The number of hydrogen-bond donors (Lipinski definition) is 1. The first kappa shape index (κ1) is 12.5. The summed E-state index contributed by atoms with van der Waals surface area (Å²) < 4.78 is 1.25. The first-order valence-corrected chi connectivity index (χ1v) is 6.79. The van der Waals surface area contributed by atoms with Crippen molar-refractivity contribution in [3.8, 4) is 5.75 Å². The molecule has 0 aliphatic carbocycles. The van der Waals surface area contributed by atoms with Gasteiger partial charge in [0.15, 0.2) is 4.32 Å². The highest BCUT2D eigenvalue weighted by Gasteiger charge is 2.25. The Hall–Kier alpha value is -0.920. The number of hydrazone groups is 1. The summed E-state index contributed by atoms with van der Waals surface area (Å²) in [5.74, 6) is 0.272. The van der Waals surface area contributed by atoms with Gasteiger partial charge in [-0.2, -0.15) is 10.1 Å². The second kappa shape index (κ2) is 5.16. The summed E-state index contributed by atoms with van der Waals surface area (Å²) in [6.07, 6.45) is 1.41. The molecule has 1 aromatic carbocycles. The molecule has 88 valence electrons. The SMILES string of the molecule is O=C1CSC(=S)N1/N=C\c1cc(Br)ccc1O. The highest BCUT2D eigenvalue weighted by Crippen LogP contribution is 2.22. The number of halogens is 1. The lowest BCUT2D eigenvalue weighted by atomic mass is 10.2. The van der Waals surface area contributed by atoms with Crippen molar-refractivity contribution in [1.82, 2.24) is 5.01 Å². The summed E-state index contributed by atoms with van der Waals surface area (Å²) in [7, 11) is 0. The molecule has 0 spiro atoms. The number of carbonyl (C=O) groups is 1. The van der Waals surface area contributed by atoms with Crippen LogP contribution in [0.15, 0.2) is 27.8 Å². The summed E-state index contributed by atoms with van der Waals surface area (Å²) in [5, 5.41) is 14.7. The highest BCUT2D eigenvalue weighted by molar-refractivity contribution is 9.10. The zero-order valence-corrected chi connectivity index (χ0v) is 11.7. The van der Waals surface area contributed by atoms with E-state index in [1.165, 1.54) is 23.0 Å². The van der Waals surface area contributed by atoms with Crippen molar-refractivity contribution in [1.29, 1.82) is 0 Å². The van der Waals surface area contributed by atoms with Crippen LogP contribution in [0.4, 0.5) is 0 Å². The molecule has 7 heteroatoms. The standard InChI is InChI=1S/C10H7BrN2O2S2/c11-7-1-2-8(14)6(3-7)4-12-13-9(15)5-17-10(13)16/h1-4,14H,5H2/b12-4-. The average Bonchev–Trinajstić information content (AvgIpc) is 2.61. The van der Waals surface area contributed by atoms with Gasteiger partial charge in [-0.1, -0.05) is 39.9 Å². The van der Waals surface area contributed by atoms with Crippen LogP contribution in [-0.4, -0.2) is 32.3 Å². The Morgan fingerprint density at radius 2 is 2.35 bits per heavy atom. The lowest BCUT2D eigenvalue weighted by molar-refractivity contribution is -0.123. The van der Waals surface area contributed by atoms with Crippen LogP contribution < -0.4 is 0 Å². The van der Waals surface area contributed by atoms with Crippen LogP contribution in [0, 0.1) is 0 Å². The van der Waals surface area contributed by atoms with Crippen molar-refractivity contribution >= 4 is 56.4 Å². The van der Waals surface area contributed by atoms with E-state index in [0.29, 0.717) is 15.6 Å². The molecule has 1 heterocycles. The molecule has 1 aliphatic heterocycles. The lowest BCUT2D eigenvalue weighted by Crippen LogP contribution is -2.22. The van der Waals surface area contributed by atoms with E-state index in [4.69, 9.17) is 12.2 Å². The molecule has 17 heavy (non-hydrogen) atoms. The van der Waals surface area contributed by atoms with E-state index in [2.05, 4.69) is 21.0 Å². The molecule has 1 aromatic rings. The van der Waals surface area contributed by atoms with Gasteiger partial charge in [-0.3, -0.25) is 4.79 Å². The number of rotatable bonds is 2. The Bertz CT molecular complexity index is 503. The van der Waals surface area contributed by atoms with Crippen LogP contribution in [0.2, 0.25) is 0 Å². The molecule has 1 amide bonds. The van der Waals surface area contributed by atoms with Crippen LogP contribution in [0.1, 0.15) is 5.56 Å². The van der Waals surface area contributed by atoms with Crippen molar-refractivity contribution in [2.45, 2.75) is 0 Å².